The van der Waals surface area contributed by atoms with Crippen molar-refractivity contribution < 1.29 is 28.6 Å². The van der Waals surface area contributed by atoms with E-state index in [-0.39, 0.29) is 24.8 Å². The van der Waals surface area contributed by atoms with Gasteiger partial charge in [0.15, 0.2) is 11.8 Å². The Bertz CT molecular complexity index is 798. The Labute approximate surface area is 147 Å². The summed E-state index contributed by atoms with van der Waals surface area (Å²) in [5.41, 5.74) is 0.667. The number of ether oxygens (including phenoxy) is 1. The Morgan fingerprint density at radius 3 is 2.88 bits per heavy atom. The normalized spacial score (nSPS) is 17.3. The van der Waals surface area contributed by atoms with Crippen molar-refractivity contribution in [3.63, 3.8) is 0 Å². The fourth-order valence-corrected chi connectivity index (χ4v) is 3.54. The van der Waals surface area contributed by atoms with Gasteiger partial charge in [0.25, 0.3) is 11.8 Å². The molecule has 3 rings (SSSR count). The van der Waals surface area contributed by atoms with Gasteiger partial charge in [-0.15, -0.1) is 11.3 Å². The zero-order valence-electron chi connectivity index (χ0n) is 13.4. The van der Waals surface area contributed by atoms with Crippen LogP contribution in [0.4, 0.5) is 5.00 Å². The number of morpholine rings is 1. The van der Waals surface area contributed by atoms with Gasteiger partial charge in [-0.25, -0.2) is 4.79 Å². The minimum Gasteiger partial charge on any atom is -0.480 e. The van der Waals surface area contributed by atoms with Crippen LogP contribution in [0.1, 0.15) is 25.8 Å². The summed E-state index contributed by atoms with van der Waals surface area (Å²) < 4.78 is 10.2. The second-order valence-corrected chi connectivity index (χ2v) is 6.53. The van der Waals surface area contributed by atoms with Crippen LogP contribution in [0.5, 0.6) is 0 Å². The zero-order valence-corrected chi connectivity index (χ0v) is 14.2. The maximum absolute atomic E-state index is 12.7. The number of carboxylic acid groups (broad SMARTS) is 1. The second-order valence-electron chi connectivity index (χ2n) is 5.48. The second kappa shape index (κ2) is 7.08. The van der Waals surface area contributed by atoms with E-state index in [1.807, 2.05) is 0 Å². The molecule has 0 aliphatic carbocycles. The van der Waals surface area contributed by atoms with E-state index in [0.29, 0.717) is 22.0 Å². The lowest BCUT2D eigenvalue weighted by molar-refractivity contribution is -0.147. The molecule has 0 radical (unpaired) electrons. The summed E-state index contributed by atoms with van der Waals surface area (Å²) in [4.78, 5) is 37.8. The molecule has 1 unspecified atom stereocenters. The zero-order chi connectivity index (χ0) is 18.0. The lowest BCUT2D eigenvalue weighted by atomic mass is 10.2. The maximum Gasteiger partial charge on any atom is 0.328 e. The molecule has 25 heavy (non-hydrogen) atoms. The highest BCUT2D eigenvalue weighted by Gasteiger charge is 2.34. The molecule has 2 amide bonds. The summed E-state index contributed by atoms with van der Waals surface area (Å²) in [7, 11) is 0. The Morgan fingerprint density at radius 2 is 2.20 bits per heavy atom. The summed E-state index contributed by atoms with van der Waals surface area (Å²) in [6, 6.07) is 3.81. The molecule has 3 heterocycles. The lowest BCUT2D eigenvalue weighted by Crippen LogP contribution is -2.52. The van der Waals surface area contributed by atoms with E-state index < -0.39 is 17.9 Å². The first kappa shape index (κ1) is 17.2. The minimum absolute atomic E-state index is 0.0341. The highest BCUT2D eigenvalue weighted by atomic mass is 32.1. The number of nitrogens with one attached hydrogen (secondary N) is 1. The molecule has 2 N–H and O–H groups in total. The standard InChI is InChI=1S/C16H16N2O6S/c1-9-7-12(17-14(19)11-3-2-5-24-11)25-13(9)15(20)18-4-6-23-8-10(18)16(21)22/h2-3,5,7,10H,4,6,8H2,1H3,(H,17,19)(H,21,22). The fourth-order valence-electron chi connectivity index (χ4n) is 2.52. The molecule has 2 aromatic heterocycles. The van der Waals surface area contributed by atoms with Gasteiger partial charge in [0, 0.05) is 6.54 Å². The molecule has 0 saturated carbocycles. The summed E-state index contributed by atoms with van der Waals surface area (Å²) >= 11 is 1.10. The number of furan rings is 1. The van der Waals surface area contributed by atoms with Gasteiger partial charge in [-0.3, -0.25) is 9.59 Å². The van der Waals surface area contributed by atoms with Crippen molar-refractivity contribution in [2.45, 2.75) is 13.0 Å². The highest BCUT2D eigenvalue weighted by Crippen LogP contribution is 2.29. The number of anilines is 1. The number of hydrogen-bond donors (Lipinski definition) is 2. The number of nitrogens with zero attached hydrogens (tertiary/aromatic N) is 1. The van der Waals surface area contributed by atoms with E-state index in [0.717, 1.165) is 11.3 Å². The van der Waals surface area contributed by atoms with E-state index in [4.69, 9.17) is 9.15 Å². The number of rotatable bonds is 4. The van der Waals surface area contributed by atoms with Crippen LogP contribution in [0, 0.1) is 6.92 Å². The molecule has 0 bridgehead atoms. The molecule has 1 atom stereocenters. The molecule has 132 valence electrons. The average molecular weight is 364 g/mol. The maximum atomic E-state index is 12.7. The third-order valence-corrected chi connectivity index (χ3v) is 4.91. The fraction of sp³-hybridized carbons (Fsp3) is 0.312. The number of carbonyl (C=O) groups excluding carboxylic acids is 2. The highest BCUT2D eigenvalue weighted by molar-refractivity contribution is 7.18. The molecule has 1 fully saturated rings. The van der Waals surface area contributed by atoms with E-state index in [1.165, 1.54) is 17.2 Å². The van der Waals surface area contributed by atoms with Crippen LogP contribution in [0.3, 0.4) is 0 Å². The van der Waals surface area contributed by atoms with Crippen molar-refractivity contribution in [2.24, 2.45) is 0 Å². The van der Waals surface area contributed by atoms with E-state index in [1.54, 1.807) is 19.1 Å². The average Bonchev–Trinajstić information content (AvgIpc) is 3.24. The number of aliphatic carboxylic acids is 1. The van der Waals surface area contributed by atoms with Gasteiger partial charge < -0.3 is 24.5 Å². The van der Waals surface area contributed by atoms with Gasteiger partial charge in [0.1, 0.15) is 0 Å². The van der Waals surface area contributed by atoms with Crippen LogP contribution in [0.25, 0.3) is 0 Å². The van der Waals surface area contributed by atoms with Crippen molar-refractivity contribution in [1.29, 1.82) is 0 Å². The Morgan fingerprint density at radius 1 is 1.40 bits per heavy atom. The summed E-state index contributed by atoms with van der Waals surface area (Å²) in [6.07, 6.45) is 1.40. The summed E-state index contributed by atoms with van der Waals surface area (Å²) in [5, 5.41) is 12.4. The molecule has 2 aromatic rings. The smallest absolute Gasteiger partial charge is 0.328 e. The van der Waals surface area contributed by atoms with Gasteiger partial charge in [-0.1, -0.05) is 0 Å². The molecule has 0 aromatic carbocycles. The molecule has 0 spiro atoms. The van der Waals surface area contributed by atoms with E-state index in [2.05, 4.69) is 5.32 Å². The predicted octanol–water partition coefficient (Wildman–Crippen LogP) is 1.83. The van der Waals surface area contributed by atoms with Gasteiger partial charge in [-0.05, 0) is 30.7 Å². The van der Waals surface area contributed by atoms with Gasteiger partial charge in [0.05, 0.1) is 29.4 Å². The van der Waals surface area contributed by atoms with Gasteiger partial charge >= 0.3 is 5.97 Å². The Balaban J connectivity index is 1.78. The SMILES string of the molecule is Cc1cc(NC(=O)c2ccco2)sc1C(=O)N1CCOCC1C(=O)O. The van der Waals surface area contributed by atoms with Crippen LogP contribution >= 0.6 is 11.3 Å². The van der Waals surface area contributed by atoms with Crippen LogP contribution < -0.4 is 5.32 Å². The monoisotopic (exact) mass is 364 g/mol. The molecular formula is C16H16N2O6S. The Kier molecular flexibility index (Phi) is 4.86. The Hall–Kier alpha value is -2.65. The quantitative estimate of drug-likeness (QED) is 0.857. The van der Waals surface area contributed by atoms with Crippen molar-refractivity contribution in [3.05, 3.63) is 40.7 Å². The van der Waals surface area contributed by atoms with E-state index >= 15 is 0 Å². The number of hydrogen-bond acceptors (Lipinski definition) is 6. The third kappa shape index (κ3) is 3.57. The van der Waals surface area contributed by atoms with Gasteiger partial charge in [0.2, 0.25) is 0 Å². The molecule has 9 heteroatoms. The number of carboxylic acids is 1. The third-order valence-electron chi connectivity index (χ3n) is 3.77. The molecular weight excluding hydrogens is 348 g/mol. The predicted molar refractivity (Wildman–Crippen MR) is 89.0 cm³/mol. The number of carbonyl (C=O) groups is 3. The van der Waals surface area contributed by atoms with Crippen LogP contribution in [0.15, 0.2) is 28.9 Å². The number of amides is 2. The first-order valence-corrected chi connectivity index (χ1v) is 8.36. The lowest BCUT2D eigenvalue weighted by Gasteiger charge is -2.32. The number of thiophene rings is 1. The minimum atomic E-state index is -1.10. The van der Waals surface area contributed by atoms with Crippen molar-refractivity contribution in [1.82, 2.24) is 4.90 Å². The molecule has 1 saturated heterocycles. The first-order chi connectivity index (χ1) is 12.0. The van der Waals surface area contributed by atoms with Crippen molar-refractivity contribution in [2.75, 3.05) is 25.1 Å². The van der Waals surface area contributed by atoms with Crippen LogP contribution in [-0.2, 0) is 9.53 Å². The van der Waals surface area contributed by atoms with Crippen LogP contribution in [-0.4, -0.2) is 53.6 Å². The van der Waals surface area contributed by atoms with Crippen molar-refractivity contribution >= 4 is 34.1 Å². The largest absolute Gasteiger partial charge is 0.480 e. The van der Waals surface area contributed by atoms with Crippen LogP contribution in [0.2, 0.25) is 0 Å². The number of aryl methyl sites for hydroxylation is 1. The van der Waals surface area contributed by atoms with E-state index in [9.17, 15) is 19.5 Å². The summed E-state index contributed by atoms with van der Waals surface area (Å²) in [6.45, 7) is 2.21. The molecule has 1 aliphatic rings. The first-order valence-electron chi connectivity index (χ1n) is 7.54. The summed E-state index contributed by atoms with van der Waals surface area (Å²) in [5.74, 6) is -1.73. The van der Waals surface area contributed by atoms with Gasteiger partial charge in [-0.2, -0.15) is 0 Å². The van der Waals surface area contributed by atoms with Crippen molar-refractivity contribution in [3.8, 4) is 0 Å². The topological polar surface area (TPSA) is 109 Å². The molecule has 1 aliphatic heterocycles. The molecule has 8 nitrogen and oxygen atoms in total.